The maximum Gasteiger partial charge on any atom is 0.263 e. The Bertz CT molecular complexity index is 927. The minimum atomic E-state index is -0.626. The van der Waals surface area contributed by atoms with E-state index in [1.165, 1.54) is 0 Å². The molecule has 3 rings (SSSR count). The first kappa shape index (κ1) is 18.9. The molecule has 0 aliphatic rings. The molecule has 0 aliphatic heterocycles. The number of hydrogen-bond donors (Lipinski definition) is 0. The van der Waals surface area contributed by atoms with E-state index in [2.05, 4.69) is 10.2 Å². The van der Waals surface area contributed by atoms with Crippen molar-refractivity contribution in [3.8, 4) is 11.4 Å². The van der Waals surface area contributed by atoms with E-state index in [9.17, 15) is 4.79 Å². The zero-order valence-corrected chi connectivity index (χ0v) is 16.2. The highest BCUT2D eigenvalue weighted by atomic mass is 35.5. The number of ether oxygens (including phenoxy) is 1. The summed E-state index contributed by atoms with van der Waals surface area (Å²) in [6, 6.07) is 14.9. The summed E-state index contributed by atoms with van der Waals surface area (Å²) in [5.74, 6) is 0.502. The third kappa shape index (κ3) is 4.65. The van der Waals surface area contributed by atoms with Gasteiger partial charge in [0.2, 0.25) is 0 Å². The topological polar surface area (TPSA) is 60.2 Å². The number of likely N-dealkylation sites (N-methyl/N-ethyl adjacent to an activating group) is 1. The normalized spacial score (nSPS) is 11.9. The van der Waals surface area contributed by atoms with Crippen LogP contribution in [0.15, 0.2) is 54.7 Å². The van der Waals surface area contributed by atoms with Crippen molar-refractivity contribution >= 4 is 17.5 Å². The van der Waals surface area contributed by atoms with Gasteiger partial charge in [0, 0.05) is 12.1 Å². The molecule has 2 aromatic carbocycles. The Hall–Kier alpha value is -2.86. The molecule has 3 aromatic rings. The van der Waals surface area contributed by atoms with Gasteiger partial charge in [-0.2, -0.15) is 15.0 Å². The Kier molecular flexibility index (Phi) is 5.76. The molecule has 0 fully saturated rings. The second-order valence-electron chi connectivity index (χ2n) is 6.33. The number of aromatic nitrogens is 3. The average Bonchev–Trinajstić information content (AvgIpc) is 3.12. The lowest BCUT2D eigenvalue weighted by molar-refractivity contribution is -0.137. The van der Waals surface area contributed by atoms with Crippen LogP contribution >= 0.6 is 11.6 Å². The predicted octanol–water partition coefficient (Wildman–Crippen LogP) is 3.66. The Labute approximate surface area is 163 Å². The number of rotatable bonds is 6. The molecular formula is C20H21ClN4O2. The zero-order valence-electron chi connectivity index (χ0n) is 15.5. The van der Waals surface area contributed by atoms with Crippen LogP contribution in [0.5, 0.6) is 5.75 Å². The molecule has 0 N–H and O–H groups in total. The highest BCUT2D eigenvalue weighted by Crippen LogP contribution is 2.23. The molecule has 0 saturated carbocycles. The molecule has 0 aliphatic carbocycles. The molecule has 6 nitrogen and oxygen atoms in total. The van der Waals surface area contributed by atoms with Crippen molar-refractivity contribution < 1.29 is 9.53 Å². The lowest BCUT2D eigenvalue weighted by atomic mass is 10.2. The molecule has 140 valence electrons. The number of aryl methyl sites for hydroxylation is 1. The van der Waals surface area contributed by atoms with Gasteiger partial charge in [-0.25, -0.2) is 0 Å². The first-order chi connectivity index (χ1) is 12.9. The molecule has 0 saturated heterocycles. The third-order valence-corrected chi connectivity index (χ3v) is 4.33. The summed E-state index contributed by atoms with van der Waals surface area (Å²) in [4.78, 5) is 15.8. The standard InChI is InChI=1S/C20H21ClN4O2/c1-14-11-16(21)9-10-19(14)27-15(2)20(26)24(3)13-17-12-22-25(23-17)18-7-5-4-6-8-18/h4-12,15H,13H2,1-3H3. The molecule has 0 bridgehead atoms. The first-order valence-electron chi connectivity index (χ1n) is 8.58. The summed E-state index contributed by atoms with van der Waals surface area (Å²) in [6.07, 6.45) is 1.03. The van der Waals surface area contributed by atoms with Crippen LogP contribution in [0.3, 0.4) is 0 Å². The van der Waals surface area contributed by atoms with Crippen LogP contribution in [0.2, 0.25) is 5.02 Å². The highest BCUT2D eigenvalue weighted by molar-refractivity contribution is 6.30. The van der Waals surface area contributed by atoms with Crippen LogP contribution in [0.25, 0.3) is 5.69 Å². The Balaban J connectivity index is 1.62. The van der Waals surface area contributed by atoms with E-state index >= 15 is 0 Å². The van der Waals surface area contributed by atoms with Gasteiger partial charge in [-0.05, 0) is 49.7 Å². The minimum absolute atomic E-state index is 0.140. The van der Waals surface area contributed by atoms with Gasteiger partial charge in [-0.1, -0.05) is 29.8 Å². The number of nitrogens with zero attached hydrogens (tertiary/aromatic N) is 4. The maximum absolute atomic E-state index is 12.6. The number of hydrogen-bond acceptors (Lipinski definition) is 4. The number of amides is 1. The van der Waals surface area contributed by atoms with Gasteiger partial charge in [0.05, 0.1) is 18.4 Å². The van der Waals surface area contributed by atoms with Gasteiger partial charge in [-0.3, -0.25) is 4.79 Å². The van der Waals surface area contributed by atoms with Gasteiger partial charge in [0.25, 0.3) is 5.91 Å². The number of carbonyl (C=O) groups excluding carboxylic acids is 1. The summed E-state index contributed by atoms with van der Waals surface area (Å²) in [5, 5.41) is 9.32. The molecule has 7 heteroatoms. The van der Waals surface area contributed by atoms with Crippen molar-refractivity contribution in [1.29, 1.82) is 0 Å². The summed E-state index contributed by atoms with van der Waals surface area (Å²) in [6.45, 7) is 3.97. The van der Waals surface area contributed by atoms with E-state index in [-0.39, 0.29) is 5.91 Å². The highest BCUT2D eigenvalue weighted by Gasteiger charge is 2.21. The number of para-hydroxylation sites is 1. The van der Waals surface area contributed by atoms with Crippen LogP contribution in [-0.2, 0) is 11.3 Å². The Morgan fingerprint density at radius 1 is 1.26 bits per heavy atom. The van der Waals surface area contributed by atoms with Crippen molar-refractivity contribution in [2.24, 2.45) is 0 Å². The lowest BCUT2D eigenvalue weighted by Gasteiger charge is -2.22. The van der Waals surface area contributed by atoms with Crippen molar-refractivity contribution in [2.75, 3.05) is 7.05 Å². The van der Waals surface area contributed by atoms with Gasteiger partial charge in [-0.15, -0.1) is 0 Å². The quantitative estimate of drug-likeness (QED) is 0.650. The Morgan fingerprint density at radius 2 is 2.00 bits per heavy atom. The first-order valence-corrected chi connectivity index (χ1v) is 8.96. The van der Waals surface area contributed by atoms with Crippen molar-refractivity contribution in [1.82, 2.24) is 19.9 Å². The second kappa shape index (κ2) is 8.22. The molecule has 1 unspecified atom stereocenters. The largest absolute Gasteiger partial charge is 0.481 e. The maximum atomic E-state index is 12.6. The van der Waals surface area contributed by atoms with E-state index in [0.29, 0.717) is 23.0 Å². The summed E-state index contributed by atoms with van der Waals surface area (Å²) in [7, 11) is 1.72. The van der Waals surface area contributed by atoms with Crippen molar-refractivity contribution in [3.05, 3.63) is 71.0 Å². The average molecular weight is 385 g/mol. The lowest BCUT2D eigenvalue weighted by Crippen LogP contribution is -2.37. The van der Waals surface area contributed by atoms with Gasteiger partial charge < -0.3 is 9.64 Å². The van der Waals surface area contributed by atoms with Crippen LogP contribution in [-0.4, -0.2) is 39.0 Å². The minimum Gasteiger partial charge on any atom is -0.481 e. The van der Waals surface area contributed by atoms with Crippen LogP contribution in [0, 0.1) is 6.92 Å². The molecule has 1 aromatic heterocycles. The summed E-state index contributed by atoms with van der Waals surface area (Å²) >= 11 is 5.96. The van der Waals surface area contributed by atoms with Crippen LogP contribution < -0.4 is 4.74 Å². The summed E-state index contributed by atoms with van der Waals surface area (Å²) in [5.41, 5.74) is 2.45. The van der Waals surface area contributed by atoms with E-state index in [4.69, 9.17) is 16.3 Å². The van der Waals surface area contributed by atoms with Gasteiger partial charge in [0.15, 0.2) is 6.10 Å². The third-order valence-electron chi connectivity index (χ3n) is 4.09. The van der Waals surface area contributed by atoms with E-state index in [1.807, 2.05) is 37.3 Å². The predicted molar refractivity (Wildman–Crippen MR) is 104 cm³/mol. The van der Waals surface area contributed by atoms with E-state index < -0.39 is 6.10 Å². The molecule has 1 atom stereocenters. The molecule has 1 heterocycles. The Morgan fingerprint density at radius 3 is 2.70 bits per heavy atom. The van der Waals surface area contributed by atoms with Gasteiger partial charge in [0.1, 0.15) is 11.4 Å². The zero-order chi connectivity index (χ0) is 19.4. The molecule has 1 amide bonds. The monoisotopic (exact) mass is 384 g/mol. The number of benzene rings is 2. The van der Waals surface area contributed by atoms with Crippen LogP contribution in [0.1, 0.15) is 18.2 Å². The summed E-state index contributed by atoms with van der Waals surface area (Å²) < 4.78 is 5.80. The molecule has 27 heavy (non-hydrogen) atoms. The molecule has 0 spiro atoms. The van der Waals surface area contributed by atoms with E-state index in [0.717, 1.165) is 11.3 Å². The number of halogens is 1. The van der Waals surface area contributed by atoms with Gasteiger partial charge >= 0.3 is 0 Å². The van der Waals surface area contributed by atoms with E-state index in [1.54, 1.807) is 48.1 Å². The fraction of sp³-hybridized carbons (Fsp3) is 0.250. The fourth-order valence-electron chi connectivity index (χ4n) is 2.67. The molecule has 0 radical (unpaired) electrons. The fourth-order valence-corrected chi connectivity index (χ4v) is 2.90. The SMILES string of the molecule is Cc1cc(Cl)ccc1OC(C)C(=O)N(C)Cc1cnn(-c2ccccc2)n1. The van der Waals surface area contributed by atoms with Crippen molar-refractivity contribution in [3.63, 3.8) is 0 Å². The van der Waals surface area contributed by atoms with Crippen LogP contribution in [0.4, 0.5) is 0 Å². The van der Waals surface area contributed by atoms with Crippen molar-refractivity contribution in [2.45, 2.75) is 26.5 Å². The number of carbonyl (C=O) groups is 1. The second-order valence-corrected chi connectivity index (χ2v) is 6.76. The smallest absolute Gasteiger partial charge is 0.263 e. The molecular weight excluding hydrogens is 364 g/mol.